The lowest BCUT2D eigenvalue weighted by Gasteiger charge is -2.30. The molecular formula is C12H25F2IN4O2S. The first-order valence-electron chi connectivity index (χ1n) is 6.82. The SMILES string of the molecule is CN(C)C(=NCC1CCN(S(=O)(=O)C(F)F)CC1)N(C)C.I. The van der Waals surface area contributed by atoms with Gasteiger partial charge < -0.3 is 9.80 Å². The van der Waals surface area contributed by atoms with Gasteiger partial charge in [0.2, 0.25) is 0 Å². The Hall–Kier alpha value is -0.230. The van der Waals surface area contributed by atoms with Crippen LogP contribution in [0, 0.1) is 5.92 Å². The fourth-order valence-corrected chi connectivity index (χ4v) is 3.30. The van der Waals surface area contributed by atoms with E-state index in [4.69, 9.17) is 0 Å². The highest BCUT2D eigenvalue weighted by molar-refractivity contribution is 14.0. The van der Waals surface area contributed by atoms with Crippen LogP contribution in [0.2, 0.25) is 0 Å². The van der Waals surface area contributed by atoms with Crippen molar-refractivity contribution in [3.8, 4) is 0 Å². The number of piperidine rings is 1. The molecule has 0 spiro atoms. The zero-order valence-corrected chi connectivity index (χ0v) is 16.5. The van der Waals surface area contributed by atoms with Crippen molar-refractivity contribution in [3.05, 3.63) is 0 Å². The minimum absolute atomic E-state index is 0. The van der Waals surface area contributed by atoms with Crippen LogP contribution in [-0.2, 0) is 10.0 Å². The van der Waals surface area contributed by atoms with E-state index in [-0.39, 0.29) is 43.0 Å². The van der Waals surface area contributed by atoms with Crippen molar-refractivity contribution in [1.82, 2.24) is 14.1 Å². The van der Waals surface area contributed by atoms with E-state index in [1.54, 1.807) is 0 Å². The standard InChI is InChI=1S/C12H24F2N4O2S.HI/c1-16(2)12(17(3)4)15-9-10-5-7-18(8-6-10)21(19,20)11(13)14;/h10-11H,5-9H2,1-4H3;1H. The highest BCUT2D eigenvalue weighted by Gasteiger charge is 2.34. The van der Waals surface area contributed by atoms with Crippen molar-refractivity contribution in [2.24, 2.45) is 10.9 Å². The number of nitrogens with zero attached hydrogens (tertiary/aromatic N) is 4. The lowest BCUT2D eigenvalue weighted by Crippen LogP contribution is -2.42. The third-order valence-electron chi connectivity index (χ3n) is 3.45. The van der Waals surface area contributed by atoms with E-state index in [0.29, 0.717) is 19.4 Å². The summed E-state index contributed by atoms with van der Waals surface area (Å²) in [5.41, 5.74) is 0. The molecule has 0 unspecified atom stereocenters. The molecule has 132 valence electrons. The van der Waals surface area contributed by atoms with Gasteiger partial charge in [-0.25, -0.2) is 8.42 Å². The molecule has 6 nitrogen and oxygen atoms in total. The molecule has 0 bridgehead atoms. The monoisotopic (exact) mass is 454 g/mol. The van der Waals surface area contributed by atoms with Gasteiger partial charge in [0, 0.05) is 47.8 Å². The largest absolute Gasteiger partial charge is 0.350 e. The highest BCUT2D eigenvalue weighted by atomic mass is 127. The van der Waals surface area contributed by atoms with E-state index in [2.05, 4.69) is 4.99 Å². The summed E-state index contributed by atoms with van der Waals surface area (Å²) in [6.45, 7) is 0.868. The van der Waals surface area contributed by atoms with Crippen LogP contribution in [0.1, 0.15) is 12.8 Å². The molecule has 1 rings (SSSR count). The normalized spacial score (nSPS) is 17.0. The fraction of sp³-hybridized carbons (Fsp3) is 0.917. The Bertz CT molecular complexity index is 454. The van der Waals surface area contributed by atoms with Gasteiger partial charge >= 0.3 is 5.76 Å². The van der Waals surface area contributed by atoms with Gasteiger partial charge in [0.05, 0.1) is 0 Å². The lowest BCUT2D eigenvalue weighted by molar-refractivity contribution is 0.204. The first-order valence-corrected chi connectivity index (χ1v) is 8.32. The van der Waals surface area contributed by atoms with Gasteiger partial charge in [-0.2, -0.15) is 13.1 Å². The zero-order valence-electron chi connectivity index (χ0n) is 13.4. The van der Waals surface area contributed by atoms with E-state index in [1.165, 1.54) is 0 Å². The van der Waals surface area contributed by atoms with Gasteiger partial charge in [-0.05, 0) is 18.8 Å². The first kappa shape index (κ1) is 21.8. The Morgan fingerprint density at radius 1 is 1.18 bits per heavy atom. The Balaban J connectivity index is 0.00000441. The molecule has 1 saturated heterocycles. The Morgan fingerprint density at radius 2 is 1.64 bits per heavy atom. The summed E-state index contributed by atoms with van der Waals surface area (Å²) < 4.78 is 48.6. The number of sulfonamides is 1. The Kier molecular flexibility index (Phi) is 9.06. The molecule has 1 aliphatic rings. The second-order valence-corrected chi connectivity index (χ2v) is 7.48. The molecule has 0 aliphatic carbocycles. The molecule has 0 atom stereocenters. The summed E-state index contributed by atoms with van der Waals surface area (Å²) in [7, 11) is 3.16. The van der Waals surface area contributed by atoms with Gasteiger partial charge in [-0.1, -0.05) is 0 Å². The Labute approximate surface area is 148 Å². The van der Waals surface area contributed by atoms with E-state index in [0.717, 1.165) is 10.3 Å². The highest BCUT2D eigenvalue weighted by Crippen LogP contribution is 2.22. The molecule has 0 N–H and O–H groups in total. The molecule has 10 heteroatoms. The van der Waals surface area contributed by atoms with Crippen molar-refractivity contribution in [1.29, 1.82) is 0 Å². The van der Waals surface area contributed by atoms with E-state index in [9.17, 15) is 17.2 Å². The van der Waals surface area contributed by atoms with Crippen molar-refractivity contribution >= 4 is 40.0 Å². The molecule has 0 radical (unpaired) electrons. The van der Waals surface area contributed by atoms with Crippen LogP contribution in [0.5, 0.6) is 0 Å². The molecule has 1 aliphatic heterocycles. The predicted octanol–water partition coefficient (Wildman–Crippen LogP) is 1.35. The average Bonchev–Trinajstić information content (AvgIpc) is 2.38. The second kappa shape index (κ2) is 9.16. The molecule has 0 saturated carbocycles. The van der Waals surface area contributed by atoms with Crippen LogP contribution in [-0.4, -0.2) is 82.1 Å². The number of alkyl halides is 2. The lowest BCUT2D eigenvalue weighted by atomic mass is 9.98. The molecule has 0 aromatic rings. The number of guanidine groups is 1. The number of hydrogen-bond acceptors (Lipinski definition) is 3. The van der Waals surface area contributed by atoms with E-state index >= 15 is 0 Å². The molecule has 0 amide bonds. The maximum absolute atomic E-state index is 12.5. The second-order valence-electron chi connectivity index (χ2n) is 5.58. The summed E-state index contributed by atoms with van der Waals surface area (Å²) in [5, 5.41) is 0. The van der Waals surface area contributed by atoms with Crippen LogP contribution in [0.15, 0.2) is 4.99 Å². The number of aliphatic imine (C=N–C) groups is 1. The number of rotatable bonds is 4. The maximum Gasteiger partial charge on any atom is 0.350 e. The smallest absolute Gasteiger partial charge is 0.349 e. The summed E-state index contributed by atoms with van der Waals surface area (Å²) in [5.74, 6) is -2.28. The van der Waals surface area contributed by atoms with Crippen LogP contribution in [0.4, 0.5) is 8.78 Å². The molecular weight excluding hydrogens is 429 g/mol. The summed E-state index contributed by atoms with van der Waals surface area (Å²) in [6.07, 6.45) is 1.12. The van der Waals surface area contributed by atoms with Crippen LogP contribution in [0.3, 0.4) is 0 Å². The van der Waals surface area contributed by atoms with Gasteiger partial charge in [0.25, 0.3) is 10.0 Å². The summed E-state index contributed by atoms with van der Waals surface area (Å²) in [4.78, 5) is 8.32. The van der Waals surface area contributed by atoms with Crippen molar-refractivity contribution in [2.45, 2.75) is 18.6 Å². The first-order chi connectivity index (χ1) is 9.66. The Morgan fingerprint density at radius 3 is 2.00 bits per heavy atom. The van der Waals surface area contributed by atoms with Gasteiger partial charge in [0.15, 0.2) is 5.96 Å². The van der Waals surface area contributed by atoms with Gasteiger partial charge in [-0.15, -0.1) is 24.0 Å². The van der Waals surface area contributed by atoms with E-state index in [1.807, 2.05) is 38.0 Å². The van der Waals surface area contributed by atoms with Crippen LogP contribution >= 0.6 is 24.0 Å². The third-order valence-corrected chi connectivity index (χ3v) is 4.98. The minimum atomic E-state index is -4.43. The number of halogens is 3. The van der Waals surface area contributed by atoms with Crippen molar-refractivity contribution in [2.75, 3.05) is 47.8 Å². The van der Waals surface area contributed by atoms with Gasteiger partial charge in [-0.3, -0.25) is 4.99 Å². The molecule has 22 heavy (non-hydrogen) atoms. The van der Waals surface area contributed by atoms with Crippen LogP contribution in [0.25, 0.3) is 0 Å². The number of hydrogen-bond donors (Lipinski definition) is 0. The fourth-order valence-electron chi connectivity index (χ4n) is 2.35. The van der Waals surface area contributed by atoms with Crippen molar-refractivity contribution in [3.63, 3.8) is 0 Å². The maximum atomic E-state index is 12.5. The summed E-state index contributed by atoms with van der Waals surface area (Å²) in [6, 6.07) is 0. The van der Waals surface area contributed by atoms with Crippen molar-refractivity contribution < 1.29 is 17.2 Å². The predicted molar refractivity (Wildman–Crippen MR) is 94.3 cm³/mol. The van der Waals surface area contributed by atoms with Crippen LogP contribution < -0.4 is 0 Å². The molecule has 1 heterocycles. The van der Waals surface area contributed by atoms with E-state index < -0.39 is 15.8 Å². The minimum Gasteiger partial charge on any atom is -0.349 e. The zero-order chi connectivity index (χ0) is 16.2. The summed E-state index contributed by atoms with van der Waals surface area (Å²) >= 11 is 0. The topological polar surface area (TPSA) is 56.2 Å². The molecule has 0 aromatic heterocycles. The molecule has 1 fully saturated rings. The average molecular weight is 454 g/mol. The quantitative estimate of drug-likeness (QED) is 0.366. The molecule has 0 aromatic carbocycles. The van der Waals surface area contributed by atoms with Gasteiger partial charge in [0.1, 0.15) is 0 Å². The third kappa shape index (κ3) is 5.76.